The molecule has 70 valence electrons. The maximum absolute atomic E-state index is 3.68. The lowest BCUT2D eigenvalue weighted by atomic mass is 10.1. The van der Waals surface area contributed by atoms with Gasteiger partial charge in [0.15, 0.2) is 0 Å². The second-order valence-electron chi connectivity index (χ2n) is 3.42. The summed E-state index contributed by atoms with van der Waals surface area (Å²) in [5.41, 5.74) is 5.19. The third-order valence-electron chi connectivity index (χ3n) is 2.28. The van der Waals surface area contributed by atoms with Gasteiger partial charge in [0.25, 0.3) is 0 Å². The Kier molecular flexibility index (Phi) is 3.13. The molecule has 1 heteroatoms. The van der Waals surface area contributed by atoms with Gasteiger partial charge in [-0.1, -0.05) is 12.1 Å². The van der Waals surface area contributed by atoms with E-state index < -0.39 is 0 Å². The molecule has 1 aromatic rings. The number of hydrogen-bond donors (Lipinski definition) is 1. The van der Waals surface area contributed by atoms with Crippen molar-refractivity contribution in [3.8, 4) is 0 Å². The standard InChI is InChI=1S/C12H17N/c1-5-6-13-12-8-10(3)9(2)7-11(12)4/h5,7-8,13H,1,6H2,2-4H3. The van der Waals surface area contributed by atoms with Gasteiger partial charge in [-0.15, -0.1) is 6.58 Å². The van der Waals surface area contributed by atoms with Crippen molar-refractivity contribution in [1.29, 1.82) is 0 Å². The van der Waals surface area contributed by atoms with Crippen LogP contribution in [0, 0.1) is 20.8 Å². The van der Waals surface area contributed by atoms with E-state index in [0.29, 0.717) is 0 Å². The monoisotopic (exact) mass is 175 g/mol. The summed E-state index contributed by atoms with van der Waals surface area (Å²) in [7, 11) is 0. The largest absolute Gasteiger partial charge is 0.381 e. The first-order chi connectivity index (χ1) is 6.15. The van der Waals surface area contributed by atoms with Gasteiger partial charge in [0.1, 0.15) is 0 Å². The summed E-state index contributed by atoms with van der Waals surface area (Å²) in [6.07, 6.45) is 1.87. The van der Waals surface area contributed by atoms with Gasteiger partial charge in [0.2, 0.25) is 0 Å². The first kappa shape index (κ1) is 9.85. The third kappa shape index (κ3) is 2.35. The van der Waals surface area contributed by atoms with Crippen LogP contribution in [0.1, 0.15) is 16.7 Å². The molecule has 0 bridgehead atoms. The van der Waals surface area contributed by atoms with E-state index in [-0.39, 0.29) is 0 Å². The van der Waals surface area contributed by atoms with Crippen molar-refractivity contribution in [3.63, 3.8) is 0 Å². The van der Waals surface area contributed by atoms with Crippen molar-refractivity contribution in [2.24, 2.45) is 0 Å². The van der Waals surface area contributed by atoms with E-state index >= 15 is 0 Å². The Labute approximate surface area is 80.5 Å². The molecule has 0 aliphatic heterocycles. The lowest BCUT2D eigenvalue weighted by Crippen LogP contribution is -2.00. The Balaban J connectivity index is 2.94. The minimum absolute atomic E-state index is 0.823. The Morgan fingerprint density at radius 2 is 1.77 bits per heavy atom. The molecule has 0 unspecified atom stereocenters. The first-order valence-corrected chi connectivity index (χ1v) is 4.57. The van der Waals surface area contributed by atoms with Crippen LogP contribution < -0.4 is 5.32 Å². The predicted molar refractivity (Wildman–Crippen MR) is 59.3 cm³/mol. The van der Waals surface area contributed by atoms with E-state index in [1.165, 1.54) is 22.4 Å². The van der Waals surface area contributed by atoms with E-state index in [0.717, 1.165) is 6.54 Å². The maximum Gasteiger partial charge on any atom is 0.0375 e. The van der Waals surface area contributed by atoms with Gasteiger partial charge in [-0.25, -0.2) is 0 Å². The minimum Gasteiger partial charge on any atom is -0.381 e. The molecule has 0 aromatic heterocycles. The van der Waals surface area contributed by atoms with Crippen molar-refractivity contribution >= 4 is 5.69 Å². The minimum atomic E-state index is 0.823. The highest BCUT2D eigenvalue weighted by atomic mass is 14.9. The zero-order valence-electron chi connectivity index (χ0n) is 8.65. The zero-order chi connectivity index (χ0) is 9.84. The zero-order valence-corrected chi connectivity index (χ0v) is 8.65. The molecule has 0 saturated carbocycles. The number of hydrogen-bond acceptors (Lipinski definition) is 1. The maximum atomic E-state index is 3.68. The fraction of sp³-hybridized carbons (Fsp3) is 0.333. The predicted octanol–water partition coefficient (Wildman–Crippen LogP) is 3.21. The van der Waals surface area contributed by atoms with Crippen LogP contribution in [-0.2, 0) is 0 Å². The lowest BCUT2D eigenvalue weighted by Gasteiger charge is -2.10. The molecule has 0 atom stereocenters. The Morgan fingerprint density at radius 3 is 2.38 bits per heavy atom. The normalized spacial score (nSPS) is 9.77. The highest BCUT2D eigenvalue weighted by Crippen LogP contribution is 2.19. The average Bonchev–Trinajstić information content (AvgIpc) is 2.09. The van der Waals surface area contributed by atoms with Crippen LogP contribution in [0.2, 0.25) is 0 Å². The molecule has 1 rings (SSSR count). The van der Waals surface area contributed by atoms with Crippen molar-refractivity contribution in [2.75, 3.05) is 11.9 Å². The highest BCUT2D eigenvalue weighted by Gasteiger charge is 1.99. The molecular weight excluding hydrogens is 158 g/mol. The summed E-state index contributed by atoms with van der Waals surface area (Å²) in [4.78, 5) is 0. The lowest BCUT2D eigenvalue weighted by molar-refractivity contribution is 1.25. The van der Waals surface area contributed by atoms with Crippen molar-refractivity contribution in [1.82, 2.24) is 0 Å². The number of rotatable bonds is 3. The first-order valence-electron chi connectivity index (χ1n) is 4.57. The van der Waals surface area contributed by atoms with Crippen molar-refractivity contribution < 1.29 is 0 Å². The summed E-state index contributed by atoms with van der Waals surface area (Å²) in [5.74, 6) is 0. The van der Waals surface area contributed by atoms with Crippen LogP contribution in [0.15, 0.2) is 24.8 Å². The molecule has 0 heterocycles. The van der Waals surface area contributed by atoms with Crippen LogP contribution in [0.3, 0.4) is 0 Å². The van der Waals surface area contributed by atoms with Crippen LogP contribution >= 0.6 is 0 Å². The molecule has 0 aliphatic rings. The number of anilines is 1. The van der Waals surface area contributed by atoms with E-state index in [4.69, 9.17) is 0 Å². The van der Waals surface area contributed by atoms with Gasteiger partial charge < -0.3 is 5.32 Å². The summed E-state index contributed by atoms with van der Waals surface area (Å²) in [6.45, 7) is 10.9. The third-order valence-corrected chi connectivity index (χ3v) is 2.28. The molecule has 0 amide bonds. The van der Waals surface area contributed by atoms with Crippen LogP contribution in [0.4, 0.5) is 5.69 Å². The van der Waals surface area contributed by atoms with E-state index in [2.05, 4.69) is 44.8 Å². The molecule has 1 nitrogen and oxygen atoms in total. The summed E-state index contributed by atoms with van der Waals surface area (Å²) < 4.78 is 0. The quantitative estimate of drug-likeness (QED) is 0.695. The molecule has 1 aromatic carbocycles. The molecule has 0 fully saturated rings. The van der Waals surface area contributed by atoms with E-state index in [1.807, 2.05) is 6.08 Å². The average molecular weight is 175 g/mol. The molecular formula is C12H17N. The SMILES string of the molecule is C=CCNc1cc(C)c(C)cc1C. The van der Waals surface area contributed by atoms with Gasteiger partial charge in [-0.05, 0) is 43.5 Å². The van der Waals surface area contributed by atoms with Crippen LogP contribution in [-0.4, -0.2) is 6.54 Å². The topological polar surface area (TPSA) is 12.0 Å². The Morgan fingerprint density at radius 1 is 1.15 bits per heavy atom. The van der Waals surface area contributed by atoms with Gasteiger partial charge >= 0.3 is 0 Å². The van der Waals surface area contributed by atoms with E-state index in [9.17, 15) is 0 Å². The van der Waals surface area contributed by atoms with Gasteiger partial charge in [0, 0.05) is 12.2 Å². The number of nitrogens with one attached hydrogen (secondary N) is 1. The summed E-state index contributed by atoms with van der Waals surface area (Å²) in [6, 6.07) is 4.40. The Hall–Kier alpha value is -1.24. The fourth-order valence-electron chi connectivity index (χ4n) is 1.33. The van der Waals surface area contributed by atoms with Gasteiger partial charge in [-0.2, -0.15) is 0 Å². The molecule has 0 spiro atoms. The smallest absolute Gasteiger partial charge is 0.0375 e. The van der Waals surface area contributed by atoms with Crippen molar-refractivity contribution in [3.05, 3.63) is 41.5 Å². The number of benzene rings is 1. The highest BCUT2D eigenvalue weighted by molar-refractivity contribution is 5.54. The molecule has 0 saturated heterocycles. The molecule has 0 radical (unpaired) electrons. The van der Waals surface area contributed by atoms with Crippen molar-refractivity contribution in [2.45, 2.75) is 20.8 Å². The van der Waals surface area contributed by atoms with Gasteiger partial charge in [0.05, 0.1) is 0 Å². The fourth-order valence-corrected chi connectivity index (χ4v) is 1.33. The molecule has 1 N–H and O–H groups in total. The summed E-state index contributed by atoms with van der Waals surface area (Å²) in [5, 5.41) is 3.31. The summed E-state index contributed by atoms with van der Waals surface area (Å²) >= 11 is 0. The molecule has 13 heavy (non-hydrogen) atoms. The second-order valence-corrected chi connectivity index (χ2v) is 3.42. The van der Waals surface area contributed by atoms with Crippen LogP contribution in [0.25, 0.3) is 0 Å². The second kappa shape index (κ2) is 4.13. The van der Waals surface area contributed by atoms with Gasteiger partial charge in [-0.3, -0.25) is 0 Å². The van der Waals surface area contributed by atoms with Crippen LogP contribution in [0.5, 0.6) is 0 Å². The number of aryl methyl sites for hydroxylation is 3. The Bertz CT molecular complexity index is 313. The van der Waals surface area contributed by atoms with E-state index in [1.54, 1.807) is 0 Å². The molecule has 0 aliphatic carbocycles.